The number of likely N-dealkylation sites (N-methyl/N-ethyl adjacent to an activating group) is 1. The molecule has 2 rings (SSSR count). The van der Waals surface area contributed by atoms with Crippen molar-refractivity contribution in [3.05, 3.63) is 17.5 Å². The van der Waals surface area contributed by atoms with Crippen LogP contribution in [0.25, 0.3) is 0 Å². The first kappa shape index (κ1) is 14.5. The molecule has 2 N–H and O–H groups in total. The second kappa shape index (κ2) is 6.03. The lowest BCUT2D eigenvalue weighted by Crippen LogP contribution is -2.53. The number of piperazine rings is 1. The quantitative estimate of drug-likeness (QED) is 0.873. The van der Waals surface area contributed by atoms with E-state index in [9.17, 15) is 0 Å². The van der Waals surface area contributed by atoms with Gasteiger partial charge in [0.15, 0.2) is 0 Å². The highest BCUT2D eigenvalue weighted by Gasteiger charge is 2.29. The molecule has 1 aliphatic heterocycles. The molecule has 0 amide bonds. The van der Waals surface area contributed by atoms with Crippen molar-refractivity contribution in [1.29, 1.82) is 0 Å². The van der Waals surface area contributed by atoms with Crippen molar-refractivity contribution in [2.45, 2.75) is 32.4 Å². The van der Waals surface area contributed by atoms with Crippen molar-refractivity contribution < 1.29 is 0 Å². The molecule has 1 saturated heterocycles. The van der Waals surface area contributed by atoms with Crippen molar-refractivity contribution in [3.8, 4) is 0 Å². The summed E-state index contributed by atoms with van der Waals surface area (Å²) in [5, 5.41) is 4.45. The number of aryl methyl sites for hydroxylation is 2. The normalized spacial score (nSPS) is 23.7. The van der Waals surface area contributed by atoms with Crippen LogP contribution in [0.5, 0.6) is 0 Å². The summed E-state index contributed by atoms with van der Waals surface area (Å²) >= 11 is 0. The van der Waals surface area contributed by atoms with E-state index in [0.717, 1.165) is 25.3 Å². The lowest BCUT2D eigenvalue weighted by Gasteiger charge is -2.42. The molecule has 2 heterocycles. The van der Waals surface area contributed by atoms with Gasteiger partial charge in [0, 0.05) is 51.0 Å². The van der Waals surface area contributed by atoms with E-state index in [0.29, 0.717) is 18.6 Å². The number of hydrogen-bond donors (Lipinski definition) is 1. The Labute approximate surface area is 116 Å². The molecule has 0 saturated carbocycles. The van der Waals surface area contributed by atoms with E-state index in [4.69, 9.17) is 5.73 Å². The maximum atomic E-state index is 6.04. The van der Waals surface area contributed by atoms with E-state index in [1.54, 1.807) is 0 Å². The zero-order valence-electron chi connectivity index (χ0n) is 12.6. The SMILES string of the molecule is CCC1CN(C(CN)c2cn(C)nc2C)CCN1C. The van der Waals surface area contributed by atoms with Crippen LogP contribution in [-0.2, 0) is 7.05 Å². The fourth-order valence-corrected chi connectivity index (χ4v) is 3.11. The molecule has 1 fully saturated rings. The molecule has 1 aromatic heterocycles. The minimum absolute atomic E-state index is 0.302. The molecule has 1 aromatic rings. The summed E-state index contributed by atoms with van der Waals surface area (Å²) in [6.45, 7) is 8.30. The Morgan fingerprint density at radius 3 is 2.68 bits per heavy atom. The number of aromatic nitrogens is 2. The summed E-state index contributed by atoms with van der Waals surface area (Å²) in [5.74, 6) is 0. The third kappa shape index (κ3) is 2.99. The van der Waals surface area contributed by atoms with Gasteiger partial charge in [-0.15, -0.1) is 0 Å². The fraction of sp³-hybridized carbons (Fsp3) is 0.786. The Hall–Kier alpha value is -0.910. The standard InChI is InChI=1S/C14H27N5/c1-5-12-9-19(7-6-17(12)3)14(8-15)13-10-18(4)16-11(13)2/h10,12,14H,5-9,15H2,1-4H3. The van der Waals surface area contributed by atoms with Crippen LogP contribution in [0.4, 0.5) is 0 Å². The number of hydrogen-bond acceptors (Lipinski definition) is 4. The Morgan fingerprint density at radius 1 is 1.42 bits per heavy atom. The van der Waals surface area contributed by atoms with Gasteiger partial charge in [0.1, 0.15) is 0 Å². The van der Waals surface area contributed by atoms with Crippen LogP contribution in [-0.4, -0.2) is 58.8 Å². The maximum absolute atomic E-state index is 6.04. The molecule has 5 nitrogen and oxygen atoms in total. The van der Waals surface area contributed by atoms with Crippen molar-refractivity contribution in [2.75, 3.05) is 33.2 Å². The summed E-state index contributed by atoms with van der Waals surface area (Å²) in [7, 11) is 4.20. The highest BCUT2D eigenvalue weighted by Crippen LogP contribution is 2.25. The first-order valence-corrected chi connectivity index (χ1v) is 7.21. The molecule has 0 aliphatic carbocycles. The zero-order valence-corrected chi connectivity index (χ0v) is 12.6. The predicted molar refractivity (Wildman–Crippen MR) is 78.0 cm³/mol. The van der Waals surface area contributed by atoms with Crippen LogP contribution in [0.1, 0.15) is 30.6 Å². The molecule has 19 heavy (non-hydrogen) atoms. The van der Waals surface area contributed by atoms with Gasteiger partial charge in [-0.25, -0.2) is 0 Å². The van der Waals surface area contributed by atoms with Crippen LogP contribution < -0.4 is 5.73 Å². The molecule has 1 aliphatic rings. The minimum atomic E-state index is 0.302. The number of rotatable bonds is 4. The second-order valence-electron chi connectivity index (χ2n) is 5.63. The Morgan fingerprint density at radius 2 is 2.16 bits per heavy atom. The first-order chi connectivity index (χ1) is 9.06. The molecule has 0 spiro atoms. The van der Waals surface area contributed by atoms with Gasteiger partial charge in [-0.05, 0) is 20.4 Å². The second-order valence-corrected chi connectivity index (χ2v) is 5.63. The van der Waals surface area contributed by atoms with E-state index < -0.39 is 0 Å². The van der Waals surface area contributed by atoms with Crippen molar-refractivity contribution in [3.63, 3.8) is 0 Å². The lowest BCUT2D eigenvalue weighted by atomic mass is 10.0. The third-order valence-corrected chi connectivity index (χ3v) is 4.35. The first-order valence-electron chi connectivity index (χ1n) is 7.21. The van der Waals surface area contributed by atoms with Crippen molar-refractivity contribution in [2.24, 2.45) is 12.8 Å². The molecule has 5 heteroatoms. The minimum Gasteiger partial charge on any atom is -0.329 e. The monoisotopic (exact) mass is 265 g/mol. The fourth-order valence-electron chi connectivity index (χ4n) is 3.11. The van der Waals surface area contributed by atoms with E-state index in [1.807, 2.05) is 11.7 Å². The molecule has 108 valence electrons. The Kier molecular flexibility index (Phi) is 4.60. The van der Waals surface area contributed by atoms with Crippen LogP contribution in [0.2, 0.25) is 0 Å². The molecule has 0 bridgehead atoms. The van der Waals surface area contributed by atoms with Gasteiger partial charge in [-0.3, -0.25) is 9.58 Å². The number of nitrogens with zero attached hydrogens (tertiary/aromatic N) is 4. The van der Waals surface area contributed by atoms with Crippen LogP contribution >= 0.6 is 0 Å². The summed E-state index contributed by atoms with van der Waals surface area (Å²) in [4.78, 5) is 4.98. The molecule has 2 unspecified atom stereocenters. The molecule has 2 atom stereocenters. The zero-order chi connectivity index (χ0) is 14.0. The van der Waals surface area contributed by atoms with Gasteiger partial charge in [0.25, 0.3) is 0 Å². The summed E-state index contributed by atoms with van der Waals surface area (Å²) < 4.78 is 1.89. The van der Waals surface area contributed by atoms with Crippen LogP contribution in [0, 0.1) is 6.92 Å². The largest absolute Gasteiger partial charge is 0.329 e. The smallest absolute Gasteiger partial charge is 0.0641 e. The van der Waals surface area contributed by atoms with Gasteiger partial charge in [0.05, 0.1) is 11.7 Å². The van der Waals surface area contributed by atoms with Gasteiger partial charge < -0.3 is 10.6 Å². The molecule has 0 aromatic carbocycles. The highest BCUT2D eigenvalue weighted by atomic mass is 15.3. The molecular formula is C14H27N5. The average Bonchev–Trinajstić information content (AvgIpc) is 2.71. The van der Waals surface area contributed by atoms with Gasteiger partial charge in [0.2, 0.25) is 0 Å². The average molecular weight is 265 g/mol. The van der Waals surface area contributed by atoms with E-state index in [2.05, 4.69) is 42.0 Å². The number of nitrogens with two attached hydrogens (primary N) is 1. The maximum Gasteiger partial charge on any atom is 0.0641 e. The summed E-state index contributed by atoms with van der Waals surface area (Å²) in [6.07, 6.45) is 3.31. The van der Waals surface area contributed by atoms with Crippen LogP contribution in [0.3, 0.4) is 0 Å². The third-order valence-electron chi connectivity index (χ3n) is 4.35. The predicted octanol–water partition coefficient (Wildman–Crippen LogP) is 0.754. The van der Waals surface area contributed by atoms with Crippen molar-refractivity contribution in [1.82, 2.24) is 19.6 Å². The van der Waals surface area contributed by atoms with Gasteiger partial charge in [-0.2, -0.15) is 5.10 Å². The van der Waals surface area contributed by atoms with Gasteiger partial charge >= 0.3 is 0 Å². The Balaban J connectivity index is 2.16. The van der Waals surface area contributed by atoms with E-state index in [1.165, 1.54) is 12.0 Å². The highest BCUT2D eigenvalue weighted by molar-refractivity contribution is 5.21. The molecule has 0 radical (unpaired) electrons. The summed E-state index contributed by atoms with van der Waals surface area (Å²) in [6, 6.07) is 0.941. The van der Waals surface area contributed by atoms with Crippen LogP contribution in [0.15, 0.2) is 6.20 Å². The van der Waals surface area contributed by atoms with Gasteiger partial charge in [-0.1, -0.05) is 6.92 Å². The lowest BCUT2D eigenvalue weighted by molar-refractivity contribution is 0.0642. The van der Waals surface area contributed by atoms with Crippen molar-refractivity contribution >= 4 is 0 Å². The Bertz CT molecular complexity index is 414. The molecular weight excluding hydrogens is 238 g/mol. The van der Waals surface area contributed by atoms with E-state index >= 15 is 0 Å². The summed E-state index contributed by atoms with van der Waals surface area (Å²) in [5.41, 5.74) is 8.43. The van der Waals surface area contributed by atoms with E-state index in [-0.39, 0.29) is 0 Å². The topological polar surface area (TPSA) is 50.3 Å².